The third-order valence-corrected chi connectivity index (χ3v) is 7.03. The van der Waals surface area contributed by atoms with Gasteiger partial charge in [-0.2, -0.15) is 4.98 Å². The summed E-state index contributed by atoms with van der Waals surface area (Å²) in [6, 6.07) is 11.2. The van der Waals surface area contributed by atoms with Gasteiger partial charge in [-0.05, 0) is 49.2 Å². The summed E-state index contributed by atoms with van der Waals surface area (Å²) >= 11 is 0. The predicted octanol–water partition coefficient (Wildman–Crippen LogP) is 5.68. The van der Waals surface area contributed by atoms with E-state index in [-0.39, 0.29) is 23.2 Å². The molecule has 1 saturated carbocycles. The molecule has 0 radical (unpaired) electrons. The fraction of sp³-hybridized carbons (Fsp3) is 0.200. The van der Waals surface area contributed by atoms with E-state index in [0.29, 0.717) is 53.0 Å². The van der Waals surface area contributed by atoms with Gasteiger partial charge in [-0.3, -0.25) is 14.6 Å². The van der Waals surface area contributed by atoms with Crippen LogP contribution in [0.2, 0.25) is 0 Å². The second-order valence-corrected chi connectivity index (χ2v) is 9.86. The Hall–Kier alpha value is -5.46. The van der Waals surface area contributed by atoms with Crippen LogP contribution in [0, 0.1) is 17.0 Å². The lowest BCUT2D eigenvalue weighted by atomic mass is 10.0. The van der Waals surface area contributed by atoms with Crippen molar-refractivity contribution in [3.05, 3.63) is 78.4 Å². The Balaban J connectivity index is 1.21. The van der Waals surface area contributed by atoms with E-state index >= 15 is 4.39 Å². The standard InChI is InChI=1S/C30H24F2N6O5/c1-3-25-37-26(43-38-25)20-13-19-22(14-24(20)41-2)33-11-8-23(19)42-27-21(32)12-18(15-34-27)36-29(40)30(9-10-30)28(39)35-17-6-4-16(31)5-7-17/h4-8,11-15H,3,9-10H2,1-2H3,(H,35,39)(H,36,40). The van der Waals surface area contributed by atoms with Gasteiger partial charge in [0, 0.05) is 35.8 Å². The number of halogens is 2. The van der Waals surface area contributed by atoms with Crippen LogP contribution in [0.3, 0.4) is 0 Å². The molecule has 5 aromatic rings. The van der Waals surface area contributed by atoms with Crippen LogP contribution in [-0.4, -0.2) is 39.0 Å². The number of anilines is 2. The Morgan fingerprint density at radius 2 is 1.72 bits per heavy atom. The summed E-state index contributed by atoms with van der Waals surface area (Å²) in [6.07, 6.45) is 3.94. The zero-order valence-electron chi connectivity index (χ0n) is 23.0. The molecule has 1 aliphatic carbocycles. The highest BCUT2D eigenvalue weighted by Gasteiger charge is 2.56. The number of carbonyl (C=O) groups excluding carboxylic acids is 2. The topological polar surface area (TPSA) is 141 Å². The molecule has 43 heavy (non-hydrogen) atoms. The maximum Gasteiger partial charge on any atom is 0.261 e. The molecule has 11 nitrogen and oxygen atoms in total. The first kappa shape index (κ1) is 27.7. The van der Waals surface area contributed by atoms with Gasteiger partial charge >= 0.3 is 0 Å². The summed E-state index contributed by atoms with van der Waals surface area (Å²) in [6.45, 7) is 1.90. The van der Waals surface area contributed by atoms with Crippen molar-refractivity contribution in [2.45, 2.75) is 26.2 Å². The molecular formula is C30H24F2N6O5. The number of fused-ring (bicyclic) bond motifs is 1. The monoisotopic (exact) mass is 586 g/mol. The van der Waals surface area contributed by atoms with Gasteiger partial charge < -0.3 is 24.6 Å². The average Bonchev–Trinajstić information content (AvgIpc) is 3.70. The number of methoxy groups -OCH3 is 1. The van der Waals surface area contributed by atoms with E-state index in [1.165, 1.54) is 43.8 Å². The number of ether oxygens (including phenoxy) is 2. The predicted molar refractivity (Wildman–Crippen MR) is 151 cm³/mol. The molecule has 6 rings (SSSR count). The van der Waals surface area contributed by atoms with E-state index in [1.807, 2.05) is 6.92 Å². The lowest BCUT2D eigenvalue weighted by Crippen LogP contribution is -2.35. The zero-order valence-corrected chi connectivity index (χ0v) is 23.0. The van der Waals surface area contributed by atoms with Gasteiger partial charge in [0.15, 0.2) is 11.6 Å². The molecule has 3 heterocycles. The van der Waals surface area contributed by atoms with Crippen molar-refractivity contribution in [2.24, 2.45) is 5.41 Å². The summed E-state index contributed by atoms with van der Waals surface area (Å²) in [7, 11) is 1.50. The van der Waals surface area contributed by atoms with Crippen molar-refractivity contribution in [3.63, 3.8) is 0 Å². The first-order chi connectivity index (χ1) is 20.8. The van der Waals surface area contributed by atoms with Crippen LogP contribution in [0.15, 0.2) is 65.4 Å². The van der Waals surface area contributed by atoms with Gasteiger partial charge in [-0.25, -0.2) is 13.8 Å². The maximum atomic E-state index is 15.2. The van der Waals surface area contributed by atoms with Crippen molar-refractivity contribution < 1.29 is 32.4 Å². The molecule has 0 saturated heterocycles. The van der Waals surface area contributed by atoms with Crippen molar-refractivity contribution >= 4 is 34.1 Å². The van der Waals surface area contributed by atoms with Crippen molar-refractivity contribution in [1.29, 1.82) is 0 Å². The molecule has 2 N–H and O–H groups in total. The molecule has 0 aliphatic heterocycles. The molecule has 0 atom stereocenters. The Bertz CT molecular complexity index is 1860. The molecule has 3 aromatic heterocycles. The zero-order chi connectivity index (χ0) is 30.1. The number of amides is 2. The van der Waals surface area contributed by atoms with E-state index in [1.54, 1.807) is 18.2 Å². The number of carbonyl (C=O) groups is 2. The van der Waals surface area contributed by atoms with Crippen LogP contribution in [0.1, 0.15) is 25.6 Å². The number of pyridine rings is 2. The third kappa shape index (κ3) is 5.44. The van der Waals surface area contributed by atoms with Crippen LogP contribution in [0.25, 0.3) is 22.4 Å². The highest BCUT2D eigenvalue weighted by Crippen LogP contribution is 2.47. The molecule has 2 aromatic carbocycles. The minimum atomic E-state index is -1.31. The van der Waals surface area contributed by atoms with E-state index in [0.717, 1.165) is 6.07 Å². The van der Waals surface area contributed by atoms with Gasteiger partial charge in [0.2, 0.25) is 11.8 Å². The molecule has 2 amide bonds. The molecule has 218 valence electrons. The van der Waals surface area contributed by atoms with Gasteiger partial charge in [-0.15, -0.1) is 0 Å². The van der Waals surface area contributed by atoms with Crippen LogP contribution in [-0.2, 0) is 16.0 Å². The fourth-order valence-electron chi connectivity index (χ4n) is 4.47. The van der Waals surface area contributed by atoms with Gasteiger partial charge in [-0.1, -0.05) is 12.1 Å². The summed E-state index contributed by atoms with van der Waals surface area (Å²) < 4.78 is 45.0. The molecule has 0 spiro atoms. The molecular weight excluding hydrogens is 562 g/mol. The quantitative estimate of drug-likeness (QED) is 0.209. The average molecular weight is 587 g/mol. The second kappa shape index (κ2) is 11.1. The minimum Gasteiger partial charge on any atom is -0.496 e. The Kier molecular flexibility index (Phi) is 7.14. The Morgan fingerprint density at radius 3 is 2.37 bits per heavy atom. The number of aromatic nitrogens is 4. The van der Waals surface area contributed by atoms with Gasteiger partial charge in [0.1, 0.15) is 22.7 Å². The van der Waals surface area contributed by atoms with Crippen LogP contribution in [0.5, 0.6) is 17.4 Å². The molecule has 1 aliphatic rings. The van der Waals surface area contributed by atoms with E-state index in [4.69, 9.17) is 14.0 Å². The van der Waals surface area contributed by atoms with E-state index < -0.39 is 28.9 Å². The summed E-state index contributed by atoms with van der Waals surface area (Å²) in [5, 5.41) is 9.63. The van der Waals surface area contributed by atoms with Crippen molar-refractivity contribution in [2.75, 3.05) is 17.7 Å². The van der Waals surface area contributed by atoms with Crippen molar-refractivity contribution in [3.8, 4) is 28.8 Å². The first-order valence-electron chi connectivity index (χ1n) is 13.3. The number of hydrogen-bond donors (Lipinski definition) is 2. The second-order valence-electron chi connectivity index (χ2n) is 9.86. The number of nitrogens with zero attached hydrogens (tertiary/aromatic N) is 4. The van der Waals surface area contributed by atoms with Crippen molar-refractivity contribution in [1.82, 2.24) is 20.1 Å². The molecule has 13 heteroatoms. The van der Waals surface area contributed by atoms with Gasteiger partial charge in [0.25, 0.3) is 11.8 Å². The highest BCUT2D eigenvalue weighted by molar-refractivity contribution is 6.16. The number of benzene rings is 2. The first-order valence-corrected chi connectivity index (χ1v) is 13.3. The fourth-order valence-corrected chi connectivity index (χ4v) is 4.47. The highest BCUT2D eigenvalue weighted by atomic mass is 19.1. The molecule has 0 bridgehead atoms. The number of rotatable bonds is 9. The van der Waals surface area contributed by atoms with E-state index in [2.05, 4.69) is 30.7 Å². The lowest BCUT2D eigenvalue weighted by molar-refractivity contribution is -0.131. The normalized spacial score (nSPS) is 13.4. The number of nitrogens with one attached hydrogen (secondary N) is 2. The number of aryl methyl sites for hydroxylation is 1. The Morgan fingerprint density at radius 1 is 0.977 bits per heavy atom. The third-order valence-electron chi connectivity index (χ3n) is 7.03. The number of hydrogen-bond acceptors (Lipinski definition) is 9. The Labute approximate surface area is 243 Å². The minimum absolute atomic E-state index is 0.0467. The smallest absolute Gasteiger partial charge is 0.261 e. The largest absolute Gasteiger partial charge is 0.496 e. The molecule has 0 unspecified atom stereocenters. The van der Waals surface area contributed by atoms with E-state index in [9.17, 15) is 14.0 Å². The van der Waals surface area contributed by atoms with Crippen LogP contribution < -0.4 is 20.1 Å². The summed E-state index contributed by atoms with van der Waals surface area (Å²) in [4.78, 5) is 38.6. The SMILES string of the molecule is CCc1noc(-c2cc3c(Oc4ncc(NC(=O)C5(C(=O)Nc6ccc(F)cc6)CC5)cc4F)ccnc3cc2OC)n1. The summed E-state index contributed by atoms with van der Waals surface area (Å²) in [5.41, 5.74) is 0.0998. The summed E-state index contributed by atoms with van der Waals surface area (Å²) in [5.74, 6) is -1.29. The lowest BCUT2D eigenvalue weighted by Gasteiger charge is -2.16. The maximum absolute atomic E-state index is 15.2. The van der Waals surface area contributed by atoms with Crippen LogP contribution >= 0.6 is 0 Å². The van der Waals surface area contributed by atoms with Crippen LogP contribution in [0.4, 0.5) is 20.2 Å². The van der Waals surface area contributed by atoms with Gasteiger partial charge in [0.05, 0.1) is 30.1 Å². The molecule has 1 fully saturated rings.